The number of aliphatic hydroxyl groups is 1. The highest BCUT2D eigenvalue weighted by molar-refractivity contribution is 7.47. The molecule has 0 saturated carbocycles. The van der Waals surface area contributed by atoms with Crippen LogP contribution in [0.4, 0.5) is 0 Å². The fraction of sp³-hybridized carbons (Fsp3) is 0.955. The topological polar surface area (TPSA) is 237 Å². The molecule has 642 valence electrons. The van der Waals surface area contributed by atoms with Crippen LogP contribution in [-0.2, 0) is 65.4 Å². The highest BCUT2D eigenvalue weighted by Gasteiger charge is 2.30. The number of phosphoric ester groups is 2. The summed E-state index contributed by atoms with van der Waals surface area (Å²) >= 11 is 0. The molecule has 108 heavy (non-hydrogen) atoms. The molecule has 0 rings (SSSR count). The van der Waals surface area contributed by atoms with Gasteiger partial charge in [0.2, 0.25) is 0 Å². The lowest BCUT2D eigenvalue weighted by molar-refractivity contribution is -0.161. The molecule has 0 heterocycles. The zero-order chi connectivity index (χ0) is 79.0. The minimum Gasteiger partial charge on any atom is -0.462 e. The predicted octanol–water partition coefficient (Wildman–Crippen LogP) is 27.5. The highest BCUT2D eigenvalue weighted by Crippen LogP contribution is 2.45. The van der Waals surface area contributed by atoms with Gasteiger partial charge in [-0.2, -0.15) is 0 Å². The number of carbonyl (C=O) groups excluding carboxylic acids is 4. The number of esters is 4. The minimum absolute atomic E-state index is 0.109. The van der Waals surface area contributed by atoms with Gasteiger partial charge in [-0.15, -0.1) is 0 Å². The number of carbonyl (C=O) groups is 4. The van der Waals surface area contributed by atoms with Crippen LogP contribution in [0.1, 0.15) is 484 Å². The Morgan fingerprint density at radius 1 is 0.250 bits per heavy atom. The Hall–Kier alpha value is -1.94. The molecular weight excluding hydrogens is 1400 g/mol. The number of ether oxygens (including phenoxy) is 4. The van der Waals surface area contributed by atoms with Gasteiger partial charge in [-0.05, 0) is 31.6 Å². The molecule has 0 fully saturated rings. The predicted molar refractivity (Wildman–Crippen MR) is 446 cm³/mol. The van der Waals surface area contributed by atoms with Gasteiger partial charge in [0, 0.05) is 25.7 Å². The average molecular weight is 1580 g/mol. The van der Waals surface area contributed by atoms with Crippen molar-refractivity contribution < 1.29 is 80.2 Å². The lowest BCUT2D eigenvalue weighted by Crippen LogP contribution is -2.30. The van der Waals surface area contributed by atoms with Crippen molar-refractivity contribution in [1.82, 2.24) is 0 Å². The van der Waals surface area contributed by atoms with Crippen LogP contribution in [0.2, 0.25) is 0 Å². The third kappa shape index (κ3) is 82.1. The zero-order valence-corrected chi connectivity index (χ0v) is 72.8. The fourth-order valence-corrected chi connectivity index (χ4v) is 15.6. The molecule has 0 aliphatic carbocycles. The second-order valence-corrected chi connectivity index (χ2v) is 35.4. The van der Waals surface area contributed by atoms with E-state index in [-0.39, 0.29) is 25.7 Å². The van der Waals surface area contributed by atoms with E-state index >= 15 is 0 Å². The van der Waals surface area contributed by atoms with Gasteiger partial charge >= 0.3 is 39.5 Å². The monoisotopic (exact) mass is 1580 g/mol. The molecule has 0 aromatic carbocycles. The van der Waals surface area contributed by atoms with Crippen LogP contribution in [-0.4, -0.2) is 96.7 Å². The average Bonchev–Trinajstić information content (AvgIpc) is 0.902. The van der Waals surface area contributed by atoms with Gasteiger partial charge in [-0.3, -0.25) is 37.3 Å². The Morgan fingerprint density at radius 2 is 0.426 bits per heavy atom. The van der Waals surface area contributed by atoms with Gasteiger partial charge in [0.25, 0.3) is 0 Å². The Kier molecular flexibility index (Phi) is 80.2. The Labute approximate surface area is 664 Å². The third-order valence-electron chi connectivity index (χ3n) is 21.0. The number of hydrogen-bond acceptors (Lipinski definition) is 15. The number of phosphoric acid groups is 2. The van der Waals surface area contributed by atoms with E-state index in [1.54, 1.807) is 0 Å². The first-order valence-corrected chi connectivity index (χ1v) is 49.1. The maximum absolute atomic E-state index is 13.2. The summed E-state index contributed by atoms with van der Waals surface area (Å²) in [5, 5.41) is 10.7. The van der Waals surface area contributed by atoms with E-state index in [0.717, 1.165) is 95.8 Å². The maximum atomic E-state index is 13.2. The number of hydrogen-bond donors (Lipinski definition) is 3. The normalized spacial score (nSPS) is 13.7. The highest BCUT2D eigenvalue weighted by atomic mass is 31.2. The van der Waals surface area contributed by atoms with Gasteiger partial charge in [-0.1, -0.05) is 433 Å². The van der Waals surface area contributed by atoms with Crippen molar-refractivity contribution in [2.75, 3.05) is 39.6 Å². The quantitative estimate of drug-likeness (QED) is 0.0222. The van der Waals surface area contributed by atoms with Crippen LogP contribution in [0.5, 0.6) is 0 Å². The smallest absolute Gasteiger partial charge is 0.462 e. The van der Waals surface area contributed by atoms with Crippen molar-refractivity contribution in [1.29, 1.82) is 0 Å². The van der Waals surface area contributed by atoms with Gasteiger partial charge in [0.05, 0.1) is 26.4 Å². The van der Waals surface area contributed by atoms with E-state index in [1.807, 2.05) is 0 Å². The van der Waals surface area contributed by atoms with Gasteiger partial charge < -0.3 is 33.8 Å². The van der Waals surface area contributed by atoms with Gasteiger partial charge in [0.1, 0.15) is 19.3 Å². The van der Waals surface area contributed by atoms with Crippen molar-refractivity contribution in [2.45, 2.75) is 502 Å². The van der Waals surface area contributed by atoms with Crippen LogP contribution >= 0.6 is 15.6 Å². The molecule has 19 heteroatoms. The molecule has 5 atom stereocenters. The summed E-state index contributed by atoms with van der Waals surface area (Å²) in [6, 6.07) is 0. The fourth-order valence-electron chi connectivity index (χ4n) is 14.0. The van der Waals surface area contributed by atoms with Crippen molar-refractivity contribution in [3.63, 3.8) is 0 Å². The second kappa shape index (κ2) is 81.6. The summed E-state index contributed by atoms with van der Waals surface area (Å²) in [5.41, 5.74) is 0. The number of unbranched alkanes of at least 4 members (excludes halogenated alkanes) is 61. The zero-order valence-electron chi connectivity index (χ0n) is 71.0. The molecule has 0 amide bonds. The summed E-state index contributed by atoms with van der Waals surface area (Å²) in [5.74, 6) is -1.28. The lowest BCUT2D eigenvalue weighted by Gasteiger charge is -2.21. The van der Waals surface area contributed by atoms with Crippen LogP contribution in [0, 0.1) is 5.92 Å². The standard InChI is InChI=1S/C89H174O17P2/c1-6-9-12-15-18-21-23-25-27-29-31-32-33-38-41-45-49-53-58-63-68-73-87(92)100-79-85(106-89(94)75-70-65-60-55-51-47-43-39-35-34-36-40-44-48-52-56-61-66-71-82(4)5)81-104-108(97,98)102-77-83(90)76-101-107(95,96)103-80-84(78-99-86(91)72-67-62-57-20-17-14-11-8-3)105-88(93)74-69-64-59-54-50-46-42-37-30-28-26-24-22-19-16-13-10-7-2/h82-85,90H,6-81H2,1-5H3,(H,95,96)(H,97,98)/t83-,84+,85+/m0/s1. The van der Waals surface area contributed by atoms with Crippen LogP contribution < -0.4 is 0 Å². The SMILES string of the molecule is CCCCCCCCCCCCCCCCCCCCCCCC(=O)OC[C@H](COP(=O)(O)OC[C@@H](O)COP(=O)(O)OC[C@@H](COC(=O)CCCCCCCCCC)OC(=O)CCCCCCCCCCCCCCCCCCCC)OC(=O)CCCCCCCCCCCCCCCCCCCCC(C)C. The second-order valence-electron chi connectivity index (χ2n) is 32.5. The van der Waals surface area contributed by atoms with Crippen molar-refractivity contribution in [2.24, 2.45) is 5.92 Å². The summed E-state index contributed by atoms with van der Waals surface area (Å²) in [7, 11) is -9.93. The van der Waals surface area contributed by atoms with E-state index < -0.39 is 97.5 Å². The summed E-state index contributed by atoms with van der Waals surface area (Å²) in [6.07, 6.45) is 76.6. The minimum atomic E-state index is -4.97. The molecule has 0 aliphatic heterocycles. The molecular formula is C89H174O17P2. The molecule has 0 aromatic heterocycles. The third-order valence-corrected chi connectivity index (χ3v) is 22.9. The molecule has 0 radical (unpaired) electrons. The first kappa shape index (κ1) is 106. The van der Waals surface area contributed by atoms with Crippen molar-refractivity contribution >= 4 is 39.5 Å². The van der Waals surface area contributed by atoms with Gasteiger partial charge in [-0.25, -0.2) is 9.13 Å². The summed E-state index contributed by atoms with van der Waals surface area (Å²) < 4.78 is 68.9. The Morgan fingerprint density at radius 3 is 0.630 bits per heavy atom. The lowest BCUT2D eigenvalue weighted by atomic mass is 10.0. The Balaban J connectivity index is 5.17. The molecule has 3 N–H and O–H groups in total. The van der Waals surface area contributed by atoms with Crippen LogP contribution in [0.15, 0.2) is 0 Å². The maximum Gasteiger partial charge on any atom is 0.472 e. The van der Waals surface area contributed by atoms with Crippen molar-refractivity contribution in [3.8, 4) is 0 Å². The Bertz CT molecular complexity index is 2050. The first-order valence-electron chi connectivity index (χ1n) is 46.1. The van der Waals surface area contributed by atoms with E-state index in [9.17, 15) is 43.2 Å². The van der Waals surface area contributed by atoms with E-state index in [2.05, 4.69) is 34.6 Å². The summed E-state index contributed by atoms with van der Waals surface area (Å²) in [4.78, 5) is 73.2. The molecule has 0 aromatic rings. The van der Waals surface area contributed by atoms with E-state index in [0.29, 0.717) is 25.7 Å². The number of aliphatic hydroxyl groups excluding tert-OH is 1. The molecule has 0 aliphatic rings. The van der Waals surface area contributed by atoms with Crippen LogP contribution in [0.3, 0.4) is 0 Å². The van der Waals surface area contributed by atoms with Crippen LogP contribution in [0.25, 0.3) is 0 Å². The molecule has 17 nitrogen and oxygen atoms in total. The van der Waals surface area contributed by atoms with E-state index in [1.165, 1.54) is 308 Å². The molecule has 2 unspecified atom stereocenters. The summed E-state index contributed by atoms with van der Waals surface area (Å²) in [6.45, 7) is 7.39. The van der Waals surface area contributed by atoms with Crippen molar-refractivity contribution in [3.05, 3.63) is 0 Å². The molecule has 0 bridgehead atoms. The van der Waals surface area contributed by atoms with Gasteiger partial charge in [0.15, 0.2) is 12.2 Å². The van der Waals surface area contributed by atoms with E-state index in [4.69, 9.17) is 37.0 Å². The molecule has 0 spiro atoms. The first-order chi connectivity index (χ1) is 52.5. The number of rotatable bonds is 89. The molecule has 0 saturated heterocycles. The largest absolute Gasteiger partial charge is 0.472 e.